The van der Waals surface area contributed by atoms with E-state index in [1.54, 1.807) is 0 Å². The summed E-state index contributed by atoms with van der Waals surface area (Å²) in [6, 6.07) is 3.63. The molecule has 1 aromatic carbocycles. The molecule has 1 atom stereocenters. The van der Waals surface area contributed by atoms with Gasteiger partial charge >= 0.3 is 0 Å². The van der Waals surface area contributed by atoms with Gasteiger partial charge in [0.1, 0.15) is 11.6 Å². The highest BCUT2D eigenvalue weighted by atomic mass is 19.1. The largest absolute Gasteiger partial charge is 0.355 e. The number of amides is 1. The third-order valence-corrected chi connectivity index (χ3v) is 4.31. The lowest BCUT2D eigenvalue weighted by molar-refractivity contribution is -0.122. The zero-order valence-corrected chi connectivity index (χ0v) is 13.8. The molecular weight excluding hydrogens is 300 g/mol. The van der Waals surface area contributed by atoms with Crippen LogP contribution in [0.2, 0.25) is 0 Å². The predicted molar refractivity (Wildman–Crippen MR) is 86.1 cm³/mol. The van der Waals surface area contributed by atoms with Gasteiger partial charge in [0.15, 0.2) is 0 Å². The fourth-order valence-electron chi connectivity index (χ4n) is 2.87. The van der Waals surface area contributed by atoms with Gasteiger partial charge in [0, 0.05) is 50.4 Å². The highest BCUT2D eigenvalue weighted by Crippen LogP contribution is 2.24. The van der Waals surface area contributed by atoms with Crippen molar-refractivity contribution in [1.82, 2.24) is 15.1 Å². The van der Waals surface area contributed by atoms with Crippen molar-refractivity contribution in [2.45, 2.75) is 26.3 Å². The average Bonchev–Trinajstić information content (AvgIpc) is 2.53. The summed E-state index contributed by atoms with van der Waals surface area (Å²) >= 11 is 0. The van der Waals surface area contributed by atoms with E-state index >= 15 is 0 Å². The van der Waals surface area contributed by atoms with Crippen LogP contribution >= 0.6 is 0 Å². The molecule has 1 unspecified atom stereocenters. The van der Waals surface area contributed by atoms with Gasteiger partial charge in [-0.05, 0) is 19.4 Å². The predicted octanol–water partition coefficient (Wildman–Crippen LogP) is 2.17. The van der Waals surface area contributed by atoms with E-state index in [0.29, 0.717) is 18.7 Å². The Morgan fingerprint density at radius 2 is 1.96 bits per heavy atom. The fourth-order valence-corrected chi connectivity index (χ4v) is 2.87. The molecule has 0 saturated carbocycles. The van der Waals surface area contributed by atoms with Crippen LogP contribution in [0, 0.1) is 11.6 Å². The summed E-state index contributed by atoms with van der Waals surface area (Å²) in [6.45, 7) is 8.14. The van der Waals surface area contributed by atoms with Gasteiger partial charge in [0.25, 0.3) is 0 Å². The molecule has 1 heterocycles. The van der Waals surface area contributed by atoms with Crippen molar-refractivity contribution in [3.63, 3.8) is 0 Å². The molecule has 1 saturated heterocycles. The van der Waals surface area contributed by atoms with Crippen LogP contribution in [-0.2, 0) is 4.79 Å². The van der Waals surface area contributed by atoms with Crippen molar-refractivity contribution in [2.75, 3.05) is 39.3 Å². The lowest BCUT2D eigenvalue weighted by Gasteiger charge is -2.38. The van der Waals surface area contributed by atoms with E-state index in [2.05, 4.69) is 15.1 Å². The average molecular weight is 325 g/mol. The van der Waals surface area contributed by atoms with E-state index in [1.165, 1.54) is 12.1 Å². The van der Waals surface area contributed by atoms with E-state index in [1.807, 2.05) is 13.8 Å². The minimum Gasteiger partial charge on any atom is -0.355 e. The Balaban J connectivity index is 1.85. The highest BCUT2D eigenvalue weighted by Gasteiger charge is 2.24. The van der Waals surface area contributed by atoms with Gasteiger partial charge in [-0.3, -0.25) is 14.6 Å². The Kier molecular flexibility index (Phi) is 6.47. The zero-order valence-electron chi connectivity index (χ0n) is 13.8. The molecule has 0 aliphatic carbocycles. The number of nitrogens with one attached hydrogen (secondary N) is 1. The van der Waals surface area contributed by atoms with E-state index in [0.717, 1.165) is 38.7 Å². The second-order valence-corrected chi connectivity index (χ2v) is 6.00. The van der Waals surface area contributed by atoms with E-state index in [-0.39, 0.29) is 11.9 Å². The Morgan fingerprint density at radius 3 is 2.57 bits per heavy atom. The molecule has 0 radical (unpaired) electrons. The summed E-state index contributed by atoms with van der Waals surface area (Å²) < 4.78 is 26.9. The minimum atomic E-state index is -0.554. The number of hydrogen-bond donors (Lipinski definition) is 1. The molecule has 0 bridgehead atoms. The molecule has 1 N–H and O–H groups in total. The topological polar surface area (TPSA) is 35.6 Å². The van der Waals surface area contributed by atoms with Crippen LogP contribution in [0.4, 0.5) is 8.78 Å². The van der Waals surface area contributed by atoms with Gasteiger partial charge in [-0.1, -0.05) is 13.0 Å². The fraction of sp³-hybridized carbons (Fsp3) is 0.588. The van der Waals surface area contributed by atoms with E-state index < -0.39 is 11.6 Å². The number of benzene rings is 1. The first-order valence-corrected chi connectivity index (χ1v) is 8.19. The van der Waals surface area contributed by atoms with Gasteiger partial charge in [0.05, 0.1) is 6.54 Å². The van der Waals surface area contributed by atoms with Crippen molar-refractivity contribution < 1.29 is 13.6 Å². The van der Waals surface area contributed by atoms with Crippen molar-refractivity contribution in [3.05, 3.63) is 35.4 Å². The molecule has 1 aromatic rings. The molecule has 1 fully saturated rings. The van der Waals surface area contributed by atoms with Gasteiger partial charge < -0.3 is 5.32 Å². The molecule has 0 aromatic heterocycles. The maximum Gasteiger partial charge on any atom is 0.234 e. The van der Waals surface area contributed by atoms with Crippen LogP contribution < -0.4 is 5.32 Å². The summed E-state index contributed by atoms with van der Waals surface area (Å²) in [6.07, 6.45) is 0.931. The molecule has 1 amide bonds. The normalized spacial score (nSPS) is 17.9. The number of hydrogen-bond acceptors (Lipinski definition) is 3. The summed E-state index contributed by atoms with van der Waals surface area (Å²) in [4.78, 5) is 16.0. The van der Waals surface area contributed by atoms with Crippen molar-refractivity contribution in [3.8, 4) is 0 Å². The van der Waals surface area contributed by atoms with E-state index in [4.69, 9.17) is 0 Å². The third kappa shape index (κ3) is 4.97. The molecule has 128 valence electrons. The van der Waals surface area contributed by atoms with E-state index in [9.17, 15) is 13.6 Å². The van der Waals surface area contributed by atoms with Crippen molar-refractivity contribution >= 4 is 5.91 Å². The maximum atomic E-state index is 13.9. The first-order valence-electron chi connectivity index (χ1n) is 8.19. The number of carbonyl (C=O) groups excluding carboxylic acids is 1. The van der Waals surface area contributed by atoms with Gasteiger partial charge in [-0.2, -0.15) is 0 Å². The summed E-state index contributed by atoms with van der Waals surface area (Å²) in [7, 11) is 0. The summed E-state index contributed by atoms with van der Waals surface area (Å²) in [5.74, 6) is -1.00. The lowest BCUT2D eigenvalue weighted by atomic mass is 10.1. The first kappa shape index (κ1) is 17.8. The summed E-state index contributed by atoms with van der Waals surface area (Å²) in [5.41, 5.74) is 0.514. The SMILES string of the molecule is CCCNC(=O)CN1CCN(C(C)c2ccc(F)cc2F)CC1. The molecule has 6 heteroatoms. The van der Waals surface area contributed by atoms with Crippen molar-refractivity contribution in [1.29, 1.82) is 0 Å². The number of carbonyl (C=O) groups is 1. The molecule has 0 spiro atoms. The van der Waals surface area contributed by atoms with Crippen LogP contribution in [0.3, 0.4) is 0 Å². The monoisotopic (exact) mass is 325 g/mol. The second kappa shape index (κ2) is 8.36. The first-order chi connectivity index (χ1) is 11.0. The van der Waals surface area contributed by atoms with Crippen LogP contribution in [0.5, 0.6) is 0 Å². The molecule has 23 heavy (non-hydrogen) atoms. The Morgan fingerprint density at radius 1 is 1.26 bits per heavy atom. The number of nitrogens with zero attached hydrogens (tertiary/aromatic N) is 2. The molecule has 2 rings (SSSR count). The Labute approximate surface area is 136 Å². The van der Waals surface area contributed by atoms with Crippen LogP contribution in [0.15, 0.2) is 18.2 Å². The molecule has 4 nitrogen and oxygen atoms in total. The smallest absolute Gasteiger partial charge is 0.234 e. The van der Waals surface area contributed by atoms with Gasteiger partial charge in [-0.15, -0.1) is 0 Å². The van der Waals surface area contributed by atoms with Gasteiger partial charge in [0.2, 0.25) is 5.91 Å². The van der Waals surface area contributed by atoms with Crippen molar-refractivity contribution in [2.24, 2.45) is 0 Å². The van der Waals surface area contributed by atoms with Gasteiger partial charge in [-0.25, -0.2) is 8.78 Å². The van der Waals surface area contributed by atoms with Crippen LogP contribution in [0.1, 0.15) is 31.9 Å². The quantitative estimate of drug-likeness (QED) is 0.871. The highest BCUT2D eigenvalue weighted by molar-refractivity contribution is 5.77. The Hall–Kier alpha value is -1.53. The van der Waals surface area contributed by atoms with Crippen LogP contribution in [-0.4, -0.2) is 55.0 Å². The minimum absolute atomic E-state index is 0.0536. The summed E-state index contributed by atoms with van der Waals surface area (Å²) in [5, 5.41) is 2.87. The second-order valence-electron chi connectivity index (χ2n) is 6.00. The maximum absolute atomic E-state index is 13.9. The molecule has 1 aliphatic rings. The zero-order chi connectivity index (χ0) is 16.8. The van der Waals surface area contributed by atoms with Crippen LogP contribution in [0.25, 0.3) is 0 Å². The number of halogens is 2. The number of rotatable bonds is 6. The molecular formula is C17H25F2N3O. The standard InChI is InChI=1S/C17H25F2N3O/c1-3-6-20-17(23)12-21-7-9-22(10-8-21)13(2)15-5-4-14(18)11-16(15)19/h4-5,11,13H,3,6-10,12H2,1-2H3,(H,20,23). The third-order valence-electron chi connectivity index (χ3n) is 4.31. The molecule has 1 aliphatic heterocycles. The Bertz CT molecular complexity index is 531. The number of piperazine rings is 1. The lowest BCUT2D eigenvalue weighted by Crippen LogP contribution is -2.50.